The van der Waals surface area contributed by atoms with E-state index in [2.05, 4.69) is 20.4 Å². The molecule has 0 spiro atoms. The molecule has 1 amide bonds. The molecule has 11 heteroatoms. The summed E-state index contributed by atoms with van der Waals surface area (Å²) in [5.41, 5.74) is 2.47. The van der Waals surface area contributed by atoms with Crippen LogP contribution in [0.1, 0.15) is 27.2 Å². The lowest BCUT2D eigenvalue weighted by atomic mass is 10.1. The zero-order valence-electron chi connectivity index (χ0n) is 19.5. The summed E-state index contributed by atoms with van der Waals surface area (Å²) in [5.74, 6) is -0.0558. The van der Waals surface area contributed by atoms with Crippen LogP contribution in [0.4, 0.5) is 11.5 Å². The lowest BCUT2D eigenvalue weighted by molar-refractivity contribution is -0.384. The number of H-pyrrole nitrogens is 1. The first-order valence-electron chi connectivity index (χ1n) is 11.2. The standard InChI is InChI=1S/C26H20N6O4S/c1-16-20(14-17-6-3-2-4-7-17)25(34)29-26(27-16)31-23(15-21(30-31)22-8-5-13-37-22)28-24(33)18-9-11-19(12-10-18)32(35)36/h2-13,15H,14H2,1H3,(H,28,33)(H,27,29,34). The van der Waals surface area contributed by atoms with Crippen molar-refractivity contribution in [3.63, 3.8) is 0 Å². The Bertz CT molecular complexity index is 1640. The molecular formula is C26H20N6O4S. The molecule has 0 bridgehead atoms. The van der Waals surface area contributed by atoms with Crippen molar-refractivity contribution in [1.29, 1.82) is 0 Å². The first-order chi connectivity index (χ1) is 17.9. The highest BCUT2D eigenvalue weighted by Crippen LogP contribution is 2.28. The Morgan fingerprint density at radius 1 is 1.11 bits per heavy atom. The SMILES string of the molecule is Cc1nc(-n2nc(-c3cccs3)cc2NC(=O)c2ccc([N+](=O)[O-])cc2)[nH]c(=O)c1Cc1ccccc1. The monoisotopic (exact) mass is 512 g/mol. The van der Waals surface area contributed by atoms with E-state index in [1.165, 1.54) is 40.3 Å². The van der Waals surface area contributed by atoms with Crippen LogP contribution in [-0.2, 0) is 6.42 Å². The number of nitro groups is 1. The number of nitrogens with one attached hydrogen (secondary N) is 2. The minimum absolute atomic E-state index is 0.116. The van der Waals surface area contributed by atoms with Crippen molar-refractivity contribution in [2.24, 2.45) is 0 Å². The molecule has 184 valence electrons. The Morgan fingerprint density at radius 2 is 1.86 bits per heavy atom. The Balaban J connectivity index is 1.51. The van der Waals surface area contributed by atoms with Crippen molar-refractivity contribution < 1.29 is 9.72 Å². The predicted octanol–water partition coefficient (Wildman–Crippen LogP) is 4.74. The number of amides is 1. The molecule has 37 heavy (non-hydrogen) atoms. The average molecular weight is 513 g/mol. The number of anilines is 1. The van der Waals surface area contributed by atoms with Crippen molar-refractivity contribution in [3.8, 4) is 16.5 Å². The lowest BCUT2D eigenvalue weighted by Crippen LogP contribution is -2.22. The zero-order valence-corrected chi connectivity index (χ0v) is 20.4. The highest BCUT2D eigenvalue weighted by molar-refractivity contribution is 7.13. The van der Waals surface area contributed by atoms with Gasteiger partial charge in [0.15, 0.2) is 0 Å². The first-order valence-corrected chi connectivity index (χ1v) is 12.1. The van der Waals surface area contributed by atoms with Gasteiger partial charge in [0, 0.05) is 35.7 Å². The van der Waals surface area contributed by atoms with E-state index in [9.17, 15) is 19.7 Å². The van der Waals surface area contributed by atoms with E-state index >= 15 is 0 Å². The molecule has 0 atom stereocenters. The number of benzene rings is 2. The highest BCUT2D eigenvalue weighted by atomic mass is 32.1. The molecule has 0 saturated heterocycles. The second-order valence-corrected chi connectivity index (χ2v) is 9.13. The van der Waals surface area contributed by atoms with Gasteiger partial charge in [-0.1, -0.05) is 36.4 Å². The van der Waals surface area contributed by atoms with Gasteiger partial charge >= 0.3 is 0 Å². The van der Waals surface area contributed by atoms with Crippen molar-refractivity contribution >= 4 is 28.7 Å². The van der Waals surface area contributed by atoms with Crippen molar-refractivity contribution in [1.82, 2.24) is 19.7 Å². The molecule has 0 aliphatic rings. The van der Waals surface area contributed by atoms with Crippen LogP contribution in [-0.4, -0.2) is 30.6 Å². The van der Waals surface area contributed by atoms with Crippen LogP contribution in [0.5, 0.6) is 0 Å². The van der Waals surface area contributed by atoms with E-state index in [0.29, 0.717) is 23.4 Å². The summed E-state index contributed by atoms with van der Waals surface area (Å²) in [6, 6.07) is 20.4. The summed E-state index contributed by atoms with van der Waals surface area (Å²) in [6.07, 6.45) is 0.429. The molecule has 0 aliphatic carbocycles. The van der Waals surface area contributed by atoms with Gasteiger partial charge in [-0.3, -0.25) is 24.7 Å². The zero-order chi connectivity index (χ0) is 25.9. The predicted molar refractivity (Wildman–Crippen MR) is 140 cm³/mol. The van der Waals surface area contributed by atoms with Gasteiger partial charge < -0.3 is 5.32 Å². The number of hydrogen-bond acceptors (Lipinski definition) is 7. The van der Waals surface area contributed by atoms with Gasteiger partial charge in [0.2, 0.25) is 5.95 Å². The molecule has 3 aromatic heterocycles. The number of thiophene rings is 1. The molecule has 10 nitrogen and oxygen atoms in total. The van der Waals surface area contributed by atoms with Crippen LogP contribution in [0.2, 0.25) is 0 Å². The minimum atomic E-state index is -0.532. The van der Waals surface area contributed by atoms with Crippen molar-refractivity contribution in [2.75, 3.05) is 5.32 Å². The van der Waals surface area contributed by atoms with Gasteiger partial charge in [0.05, 0.1) is 15.5 Å². The molecule has 0 unspecified atom stereocenters. The number of non-ortho nitro benzene ring substituents is 1. The van der Waals surface area contributed by atoms with E-state index in [1.54, 1.807) is 13.0 Å². The fourth-order valence-electron chi connectivity index (χ4n) is 3.80. The van der Waals surface area contributed by atoms with Gasteiger partial charge in [0.1, 0.15) is 11.5 Å². The third-order valence-electron chi connectivity index (χ3n) is 5.70. The number of nitro benzene ring substituents is 1. The summed E-state index contributed by atoms with van der Waals surface area (Å²) < 4.78 is 1.37. The number of hydrogen-bond donors (Lipinski definition) is 2. The number of aromatic amines is 1. The fourth-order valence-corrected chi connectivity index (χ4v) is 4.48. The van der Waals surface area contributed by atoms with Crippen LogP contribution in [0.15, 0.2) is 83.0 Å². The largest absolute Gasteiger partial charge is 0.306 e. The average Bonchev–Trinajstić information content (AvgIpc) is 3.57. The summed E-state index contributed by atoms with van der Waals surface area (Å²) >= 11 is 1.48. The number of carbonyl (C=O) groups excluding carboxylic acids is 1. The maximum Gasteiger partial charge on any atom is 0.269 e. The lowest BCUT2D eigenvalue weighted by Gasteiger charge is -2.11. The van der Waals surface area contributed by atoms with Crippen LogP contribution in [0, 0.1) is 17.0 Å². The second kappa shape index (κ2) is 9.99. The molecule has 2 N–H and O–H groups in total. The summed E-state index contributed by atoms with van der Waals surface area (Å²) in [4.78, 5) is 44.6. The Morgan fingerprint density at radius 3 is 2.51 bits per heavy atom. The van der Waals surface area contributed by atoms with E-state index in [1.807, 2.05) is 47.8 Å². The van der Waals surface area contributed by atoms with E-state index in [-0.39, 0.29) is 28.6 Å². The van der Waals surface area contributed by atoms with Crippen molar-refractivity contribution in [2.45, 2.75) is 13.3 Å². The maximum atomic E-state index is 13.0. The molecule has 3 heterocycles. The topological polar surface area (TPSA) is 136 Å². The molecule has 0 radical (unpaired) electrons. The van der Waals surface area contributed by atoms with Crippen molar-refractivity contribution in [3.05, 3.63) is 121 Å². The van der Waals surface area contributed by atoms with Crippen LogP contribution < -0.4 is 10.9 Å². The van der Waals surface area contributed by atoms with Gasteiger partial charge in [-0.2, -0.15) is 9.78 Å². The summed E-state index contributed by atoms with van der Waals surface area (Å²) in [7, 11) is 0. The van der Waals surface area contributed by atoms with E-state index in [0.717, 1.165) is 10.4 Å². The normalized spacial score (nSPS) is 10.8. The molecule has 5 aromatic rings. The summed E-state index contributed by atoms with van der Waals surface area (Å²) in [5, 5.41) is 20.2. The number of aromatic nitrogens is 4. The molecule has 0 fully saturated rings. The third kappa shape index (κ3) is 5.07. The molecule has 0 saturated carbocycles. The Hall–Kier alpha value is -4.90. The minimum Gasteiger partial charge on any atom is -0.306 e. The van der Waals surface area contributed by atoms with Crippen LogP contribution in [0.3, 0.4) is 0 Å². The van der Waals surface area contributed by atoms with Gasteiger partial charge in [-0.25, -0.2) is 4.98 Å². The highest BCUT2D eigenvalue weighted by Gasteiger charge is 2.19. The molecule has 0 aliphatic heterocycles. The third-order valence-corrected chi connectivity index (χ3v) is 6.59. The number of nitrogens with zero attached hydrogens (tertiary/aromatic N) is 4. The molecular weight excluding hydrogens is 492 g/mol. The quantitative estimate of drug-likeness (QED) is 0.239. The van der Waals surface area contributed by atoms with Crippen LogP contribution in [0.25, 0.3) is 16.5 Å². The van der Waals surface area contributed by atoms with Crippen LogP contribution >= 0.6 is 11.3 Å². The first kappa shape index (κ1) is 23.8. The summed E-state index contributed by atoms with van der Waals surface area (Å²) in [6.45, 7) is 1.76. The Kier molecular flexibility index (Phi) is 6.43. The number of carbonyl (C=O) groups is 1. The fraction of sp³-hybridized carbons (Fsp3) is 0.0769. The van der Waals surface area contributed by atoms with Gasteiger partial charge in [-0.05, 0) is 36.1 Å². The number of rotatable bonds is 7. The van der Waals surface area contributed by atoms with Gasteiger partial charge in [0.25, 0.3) is 17.2 Å². The van der Waals surface area contributed by atoms with E-state index < -0.39 is 10.8 Å². The number of aryl methyl sites for hydroxylation is 1. The Labute approximate surface area is 214 Å². The smallest absolute Gasteiger partial charge is 0.269 e. The van der Waals surface area contributed by atoms with E-state index in [4.69, 9.17) is 0 Å². The molecule has 2 aromatic carbocycles. The second-order valence-electron chi connectivity index (χ2n) is 8.18. The molecule has 5 rings (SSSR count). The maximum absolute atomic E-state index is 13.0. The van der Waals surface area contributed by atoms with Gasteiger partial charge in [-0.15, -0.1) is 11.3 Å².